The average molecular weight is 303 g/mol. The molecule has 0 amide bonds. The fourth-order valence-corrected chi connectivity index (χ4v) is 1.94. The van der Waals surface area contributed by atoms with E-state index < -0.39 is 17.0 Å². The van der Waals surface area contributed by atoms with Gasteiger partial charge in [-0.1, -0.05) is 12.1 Å². The van der Waals surface area contributed by atoms with Crippen LogP contribution in [0, 0.1) is 0 Å². The third-order valence-electron chi connectivity index (χ3n) is 2.79. The maximum absolute atomic E-state index is 12.5. The van der Waals surface area contributed by atoms with Gasteiger partial charge in [-0.05, 0) is 36.7 Å². The van der Waals surface area contributed by atoms with Crippen molar-refractivity contribution in [1.82, 2.24) is 9.78 Å². The van der Waals surface area contributed by atoms with Gasteiger partial charge in [-0.2, -0.15) is 18.3 Å². The zero-order chi connectivity index (χ0) is 14.9. The third kappa shape index (κ3) is 2.85. The Bertz CT molecular complexity index is 632. The quantitative estimate of drug-likeness (QED) is 0.804. The molecule has 2 aromatic rings. The van der Waals surface area contributed by atoms with Crippen molar-refractivity contribution >= 4 is 16.8 Å². The second kappa shape index (κ2) is 5.28. The largest absolute Gasteiger partial charge is 0.416 e. The van der Waals surface area contributed by atoms with Crippen LogP contribution in [-0.2, 0) is 12.7 Å². The van der Waals surface area contributed by atoms with Gasteiger partial charge in [0.2, 0.25) is 0 Å². The van der Waals surface area contributed by atoms with Crippen LogP contribution in [-0.4, -0.2) is 15.0 Å². The van der Waals surface area contributed by atoms with E-state index in [0.717, 1.165) is 12.1 Å². The monoisotopic (exact) mass is 302 g/mol. The Labute approximate surface area is 118 Å². The lowest BCUT2D eigenvalue weighted by atomic mass is 10.1. The van der Waals surface area contributed by atoms with Crippen LogP contribution < -0.4 is 0 Å². The Hall–Kier alpha value is -1.82. The van der Waals surface area contributed by atoms with Crippen molar-refractivity contribution in [1.29, 1.82) is 0 Å². The first-order chi connectivity index (χ1) is 9.32. The van der Waals surface area contributed by atoms with Crippen LogP contribution in [0.25, 0.3) is 11.3 Å². The van der Waals surface area contributed by atoms with Crippen LogP contribution in [0.5, 0.6) is 0 Å². The number of hydrogen-bond donors (Lipinski definition) is 0. The van der Waals surface area contributed by atoms with Crippen LogP contribution >= 0.6 is 11.6 Å². The number of rotatable bonds is 3. The molecular weight excluding hydrogens is 293 g/mol. The van der Waals surface area contributed by atoms with E-state index in [0.29, 0.717) is 17.8 Å². The number of halogens is 4. The van der Waals surface area contributed by atoms with Gasteiger partial charge in [-0.25, -0.2) is 0 Å². The molecule has 0 spiro atoms. The third-order valence-corrected chi connectivity index (χ3v) is 2.98. The fraction of sp³-hybridized carbons (Fsp3) is 0.231. The molecule has 7 heteroatoms. The number of nitrogens with zero attached hydrogens (tertiary/aromatic N) is 2. The highest BCUT2D eigenvalue weighted by Crippen LogP contribution is 2.30. The molecule has 1 aromatic carbocycles. The van der Waals surface area contributed by atoms with Crippen LogP contribution in [0.1, 0.15) is 23.0 Å². The SMILES string of the molecule is CCn1nc(-c2ccc(C(F)(F)F)cc2)cc1C(=O)Cl. The number of alkyl halides is 3. The summed E-state index contributed by atoms with van der Waals surface area (Å²) in [6.45, 7) is 2.22. The van der Waals surface area contributed by atoms with E-state index in [9.17, 15) is 18.0 Å². The Morgan fingerprint density at radius 3 is 2.30 bits per heavy atom. The second-order valence-electron chi connectivity index (χ2n) is 4.08. The van der Waals surface area contributed by atoms with Crippen molar-refractivity contribution in [3.05, 3.63) is 41.6 Å². The Balaban J connectivity index is 2.39. The molecule has 0 fully saturated rings. The fourth-order valence-electron chi connectivity index (χ4n) is 1.79. The highest BCUT2D eigenvalue weighted by Gasteiger charge is 2.30. The molecule has 0 aliphatic carbocycles. The molecule has 0 radical (unpaired) electrons. The topological polar surface area (TPSA) is 34.9 Å². The van der Waals surface area contributed by atoms with E-state index >= 15 is 0 Å². The van der Waals surface area contributed by atoms with E-state index in [1.54, 1.807) is 6.92 Å². The Kier molecular flexibility index (Phi) is 3.85. The number of aromatic nitrogens is 2. The van der Waals surface area contributed by atoms with Crippen LogP contribution in [0.4, 0.5) is 13.2 Å². The zero-order valence-electron chi connectivity index (χ0n) is 10.4. The summed E-state index contributed by atoms with van der Waals surface area (Å²) < 4.78 is 38.8. The summed E-state index contributed by atoms with van der Waals surface area (Å²) >= 11 is 5.42. The van der Waals surface area contributed by atoms with Gasteiger partial charge in [0.05, 0.1) is 11.3 Å². The number of hydrogen-bond acceptors (Lipinski definition) is 2. The summed E-state index contributed by atoms with van der Waals surface area (Å²) in [5.74, 6) is 0. The van der Waals surface area contributed by atoms with Crippen molar-refractivity contribution in [2.45, 2.75) is 19.6 Å². The van der Waals surface area contributed by atoms with Crippen molar-refractivity contribution in [3.8, 4) is 11.3 Å². The maximum atomic E-state index is 12.5. The lowest BCUT2D eigenvalue weighted by Gasteiger charge is -2.06. The summed E-state index contributed by atoms with van der Waals surface area (Å²) in [5.41, 5.74) is 0.378. The number of aryl methyl sites for hydroxylation is 1. The minimum Gasteiger partial charge on any atom is -0.274 e. The molecule has 0 atom stereocenters. The highest BCUT2D eigenvalue weighted by molar-refractivity contribution is 6.67. The van der Waals surface area contributed by atoms with Gasteiger partial charge in [0.15, 0.2) is 0 Å². The molecule has 3 nitrogen and oxygen atoms in total. The molecular formula is C13H10ClF3N2O. The predicted molar refractivity (Wildman–Crippen MR) is 68.5 cm³/mol. The summed E-state index contributed by atoms with van der Waals surface area (Å²) in [4.78, 5) is 11.2. The molecule has 2 rings (SSSR count). The van der Waals surface area contributed by atoms with Gasteiger partial charge in [0, 0.05) is 12.1 Å². The standard InChI is InChI=1S/C13H10ClF3N2O/c1-2-19-11(12(14)20)7-10(18-19)8-3-5-9(6-4-8)13(15,16)17/h3-7H,2H2,1H3. The minimum atomic E-state index is -4.38. The smallest absolute Gasteiger partial charge is 0.274 e. The number of carbonyl (C=O) groups excluding carboxylic acids is 1. The molecule has 0 saturated heterocycles. The van der Waals surface area contributed by atoms with Gasteiger partial charge in [0.25, 0.3) is 5.24 Å². The average Bonchev–Trinajstić information content (AvgIpc) is 2.82. The first-order valence-electron chi connectivity index (χ1n) is 5.78. The molecule has 0 unspecified atom stereocenters. The van der Waals surface area contributed by atoms with Crippen molar-refractivity contribution < 1.29 is 18.0 Å². The van der Waals surface area contributed by atoms with Gasteiger partial charge in [-0.3, -0.25) is 9.48 Å². The highest BCUT2D eigenvalue weighted by atomic mass is 35.5. The van der Waals surface area contributed by atoms with Crippen molar-refractivity contribution in [3.63, 3.8) is 0 Å². The molecule has 20 heavy (non-hydrogen) atoms. The lowest BCUT2D eigenvalue weighted by Crippen LogP contribution is -2.05. The summed E-state index contributed by atoms with van der Waals surface area (Å²) in [7, 11) is 0. The molecule has 0 aliphatic rings. The van der Waals surface area contributed by atoms with Crippen LogP contribution in [0.15, 0.2) is 30.3 Å². The zero-order valence-corrected chi connectivity index (χ0v) is 11.2. The molecule has 0 aliphatic heterocycles. The maximum Gasteiger partial charge on any atom is 0.416 e. The molecule has 1 heterocycles. The first kappa shape index (κ1) is 14.6. The lowest BCUT2D eigenvalue weighted by molar-refractivity contribution is -0.137. The molecule has 0 bridgehead atoms. The van der Waals surface area contributed by atoms with E-state index in [4.69, 9.17) is 11.6 Å². The molecule has 106 valence electrons. The van der Waals surface area contributed by atoms with Gasteiger partial charge in [-0.15, -0.1) is 0 Å². The molecule has 0 saturated carbocycles. The Morgan fingerprint density at radius 1 is 1.30 bits per heavy atom. The van der Waals surface area contributed by atoms with Crippen LogP contribution in [0.2, 0.25) is 0 Å². The predicted octanol–water partition coefficient (Wildman–Crippen LogP) is 3.97. The van der Waals surface area contributed by atoms with E-state index in [1.165, 1.54) is 22.9 Å². The second-order valence-corrected chi connectivity index (χ2v) is 4.42. The first-order valence-corrected chi connectivity index (χ1v) is 6.16. The summed E-state index contributed by atoms with van der Waals surface area (Å²) in [5, 5.41) is 3.49. The van der Waals surface area contributed by atoms with E-state index in [2.05, 4.69) is 5.10 Å². The van der Waals surface area contributed by atoms with E-state index in [-0.39, 0.29) is 5.69 Å². The van der Waals surface area contributed by atoms with Crippen molar-refractivity contribution in [2.24, 2.45) is 0 Å². The van der Waals surface area contributed by atoms with Gasteiger partial charge in [0.1, 0.15) is 5.69 Å². The number of benzene rings is 1. The summed E-state index contributed by atoms with van der Waals surface area (Å²) in [6.07, 6.45) is -4.38. The molecule has 0 N–H and O–H groups in total. The van der Waals surface area contributed by atoms with Crippen molar-refractivity contribution in [2.75, 3.05) is 0 Å². The van der Waals surface area contributed by atoms with E-state index in [1.807, 2.05) is 0 Å². The normalized spacial score (nSPS) is 11.7. The number of carbonyl (C=O) groups is 1. The van der Waals surface area contributed by atoms with Gasteiger partial charge < -0.3 is 0 Å². The Morgan fingerprint density at radius 2 is 1.90 bits per heavy atom. The van der Waals surface area contributed by atoms with Crippen LogP contribution in [0.3, 0.4) is 0 Å². The van der Waals surface area contributed by atoms with Gasteiger partial charge >= 0.3 is 6.18 Å². The summed E-state index contributed by atoms with van der Waals surface area (Å²) in [6, 6.07) is 6.04. The minimum absolute atomic E-state index is 0.212. The molecule has 1 aromatic heterocycles.